The van der Waals surface area contributed by atoms with Crippen LogP contribution in [-0.4, -0.2) is 52.6 Å². The van der Waals surface area contributed by atoms with Gasteiger partial charge in [0.05, 0.1) is 23.4 Å². The molecule has 7 heteroatoms. The lowest BCUT2D eigenvalue weighted by Gasteiger charge is -2.26. The van der Waals surface area contributed by atoms with Crippen LogP contribution < -0.4 is 5.63 Å². The number of nitrogens with zero attached hydrogens (tertiary/aromatic N) is 4. The molecular formula is C25H26N4O3. The summed E-state index contributed by atoms with van der Waals surface area (Å²) in [6.45, 7) is 7.42. The first-order valence-corrected chi connectivity index (χ1v) is 10.8. The molecule has 0 radical (unpaired) electrons. The van der Waals surface area contributed by atoms with Gasteiger partial charge >= 0.3 is 5.63 Å². The Kier molecular flexibility index (Phi) is 5.36. The van der Waals surface area contributed by atoms with E-state index in [1.807, 2.05) is 48.8 Å². The number of imidazole rings is 1. The van der Waals surface area contributed by atoms with Crippen LogP contribution in [0.2, 0.25) is 0 Å². The number of benzene rings is 1. The molecule has 1 aliphatic heterocycles. The Hall–Kier alpha value is -3.29. The molecule has 0 saturated heterocycles. The van der Waals surface area contributed by atoms with Gasteiger partial charge in [-0.15, -0.1) is 0 Å². The van der Waals surface area contributed by atoms with Crippen molar-refractivity contribution in [1.82, 2.24) is 19.3 Å². The van der Waals surface area contributed by atoms with Gasteiger partial charge in [-0.25, -0.2) is 9.78 Å². The van der Waals surface area contributed by atoms with E-state index < -0.39 is 0 Å². The maximum absolute atomic E-state index is 12.9. The van der Waals surface area contributed by atoms with E-state index in [-0.39, 0.29) is 5.63 Å². The fourth-order valence-corrected chi connectivity index (χ4v) is 4.33. The SMILES string of the molecule is COCCN1CC=C(c2ccc3cc(-c4cn5cc(C)nc(C)c5n4)oc(=O)c3c2)CC1. The van der Waals surface area contributed by atoms with E-state index in [2.05, 4.69) is 27.0 Å². The third-order valence-corrected chi connectivity index (χ3v) is 6.02. The van der Waals surface area contributed by atoms with Crippen molar-refractivity contribution in [3.63, 3.8) is 0 Å². The molecule has 0 fully saturated rings. The number of aromatic nitrogens is 3. The van der Waals surface area contributed by atoms with Gasteiger partial charge in [-0.1, -0.05) is 18.2 Å². The van der Waals surface area contributed by atoms with Crippen molar-refractivity contribution >= 4 is 22.0 Å². The van der Waals surface area contributed by atoms with Crippen LogP contribution in [0.4, 0.5) is 0 Å². The first-order valence-electron chi connectivity index (χ1n) is 10.8. The Balaban J connectivity index is 1.47. The minimum Gasteiger partial charge on any atom is -0.421 e. The number of methoxy groups -OCH3 is 1. The first kappa shape index (κ1) is 20.6. The predicted octanol–water partition coefficient (Wildman–Crippen LogP) is 3.86. The van der Waals surface area contributed by atoms with Crippen LogP contribution in [0, 0.1) is 13.8 Å². The van der Waals surface area contributed by atoms with E-state index >= 15 is 0 Å². The summed E-state index contributed by atoms with van der Waals surface area (Å²) in [6, 6.07) is 7.92. The number of hydrogen-bond acceptors (Lipinski definition) is 6. The second kappa shape index (κ2) is 8.33. The fourth-order valence-electron chi connectivity index (χ4n) is 4.33. The Bertz CT molecular complexity index is 1400. The highest BCUT2D eigenvalue weighted by molar-refractivity contribution is 5.87. The van der Waals surface area contributed by atoms with Crippen molar-refractivity contribution in [1.29, 1.82) is 0 Å². The molecule has 4 aromatic rings. The molecule has 0 bridgehead atoms. The van der Waals surface area contributed by atoms with Crippen molar-refractivity contribution < 1.29 is 9.15 Å². The topological polar surface area (TPSA) is 72.9 Å². The highest BCUT2D eigenvalue weighted by atomic mass is 16.5. The maximum Gasteiger partial charge on any atom is 0.344 e. The highest BCUT2D eigenvalue weighted by Gasteiger charge is 2.16. The summed E-state index contributed by atoms with van der Waals surface area (Å²) in [5.74, 6) is 0.460. The number of aryl methyl sites for hydroxylation is 2. The van der Waals surface area contributed by atoms with Gasteiger partial charge in [-0.3, -0.25) is 9.88 Å². The van der Waals surface area contributed by atoms with E-state index in [9.17, 15) is 4.79 Å². The molecule has 0 N–H and O–H groups in total. The third-order valence-electron chi connectivity index (χ3n) is 6.02. The molecule has 5 rings (SSSR count). The summed E-state index contributed by atoms with van der Waals surface area (Å²) in [7, 11) is 1.73. The van der Waals surface area contributed by atoms with Gasteiger partial charge in [-0.2, -0.15) is 0 Å². The van der Waals surface area contributed by atoms with E-state index in [1.165, 1.54) is 5.57 Å². The third kappa shape index (κ3) is 3.85. The molecule has 32 heavy (non-hydrogen) atoms. The van der Waals surface area contributed by atoms with Crippen molar-refractivity contribution in [3.05, 3.63) is 70.1 Å². The van der Waals surface area contributed by atoms with Crippen molar-refractivity contribution in [2.45, 2.75) is 20.3 Å². The number of rotatable bonds is 5. The standard InChI is InChI=1S/C25H26N4O3/c1-16-14-29-15-22(27-24(29)17(2)26-16)23-13-20-5-4-19(12-21(20)25(30)32-23)18-6-8-28(9-7-18)10-11-31-3/h4-6,12-15H,7-11H2,1-3H3. The summed E-state index contributed by atoms with van der Waals surface area (Å²) < 4.78 is 12.8. The van der Waals surface area contributed by atoms with E-state index in [4.69, 9.17) is 9.15 Å². The zero-order valence-corrected chi connectivity index (χ0v) is 18.6. The van der Waals surface area contributed by atoms with Crippen LogP contribution in [0.3, 0.4) is 0 Å². The van der Waals surface area contributed by atoms with Gasteiger partial charge in [0.1, 0.15) is 5.69 Å². The second-order valence-electron chi connectivity index (χ2n) is 8.30. The normalized spacial score (nSPS) is 14.9. The Morgan fingerprint density at radius 2 is 2.03 bits per heavy atom. The molecule has 0 amide bonds. The van der Waals surface area contributed by atoms with Gasteiger partial charge in [0, 0.05) is 39.1 Å². The molecule has 0 unspecified atom stereocenters. The van der Waals surface area contributed by atoms with E-state index in [0.717, 1.165) is 60.6 Å². The van der Waals surface area contributed by atoms with Crippen LogP contribution >= 0.6 is 0 Å². The smallest absolute Gasteiger partial charge is 0.344 e. The van der Waals surface area contributed by atoms with Crippen LogP contribution in [0.25, 0.3) is 33.4 Å². The zero-order chi connectivity index (χ0) is 22.2. The summed E-state index contributed by atoms with van der Waals surface area (Å²) in [5.41, 5.74) is 5.12. The van der Waals surface area contributed by atoms with Crippen LogP contribution in [0.5, 0.6) is 0 Å². The van der Waals surface area contributed by atoms with Gasteiger partial charge < -0.3 is 13.6 Å². The lowest BCUT2D eigenvalue weighted by Crippen LogP contribution is -2.31. The Morgan fingerprint density at radius 1 is 1.16 bits per heavy atom. The first-order chi connectivity index (χ1) is 15.5. The minimum atomic E-state index is -0.347. The molecule has 3 aromatic heterocycles. The quantitative estimate of drug-likeness (QED) is 0.479. The van der Waals surface area contributed by atoms with E-state index in [0.29, 0.717) is 16.8 Å². The van der Waals surface area contributed by atoms with Crippen molar-refractivity contribution in [3.8, 4) is 11.5 Å². The molecule has 0 aliphatic carbocycles. The van der Waals surface area contributed by atoms with Crippen LogP contribution in [0.1, 0.15) is 23.4 Å². The number of ether oxygens (including phenoxy) is 1. The summed E-state index contributed by atoms with van der Waals surface area (Å²) in [6.07, 6.45) is 6.98. The molecule has 7 nitrogen and oxygen atoms in total. The summed E-state index contributed by atoms with van der Waals surface area (Å²) in [4.78, 5) is 24.3. The molecule has 0 atom stereocenters. The van der Waals surface area contributed by atoms with Crippen LogP contribution in [-0.2, 0) is 4.74 Å². The summed E-state index contributed by atoms with van der Waals surface area (Å²) >= 11 is 0. The van der Waals surface area contributed by atoms with Crippen molar-refractivity contribution in [2.75, 3.05) is 33.4 Å². The van der Waals surface area contributed by atoms with Crippen LogP contribution in [0.15, 0.2) is 51.9 Å². The molecule has 164 valence electrons. The minimum absolute atomic E-state index is 0.347. The van der Waals surface area contributed by atoms with Gasteiger partial charge in [0.25, 0.3) is 0 Å². The van der Waals surface area contributed by atoms with E-state index in [1.54, 1.807) is 7.11 Å². The number of hydrogen-bond donors (Lipinski definition) is 0. The van der Waals surface area contributed by atoms with Gasteiger partial charge in [0.2, 0.25) is 0 Å². The predicted molar refractivity (Wildman–Crippen MR) is 125 cm³/mol. The lowest BCUT2D eigenvalue weighted by atomic mass is 9.97. The molecule has 0 spiro atoms. The summed E-state index contributed by atoms with van der Waals surface area (Å²) in [5, 5.41) is 1.44. The molecule has 1 aromatic carbocycles. The Morgan fingerprint density at radius 3 is 2.81 bits per heavy atom. The molecule has 0 saturated carbocycles. The number of fused-ring (bicyclic) bond motifs is 2. The fraction of sp³-hybridized carbons (Fsp3) is 0.320. The van der Waals surface area contributed by atoms with Gasteiger partial charge in [-0.05, 0) is 48.9 Å². The monoisotopic (exact) mass is 430 g/mol. The highest BCUT2D eigenvalue weighted by Crippen LogP contribution is 2.27. The zero-order valence-electron chi connectivity index (χ0n) is 18.6. The van der Waals surface area contributed by atoms with Gasteiger partial charge in [0.15, 0.2) is 11.4 Å². The lowest BCUT2D eigenvalue weighted by molar-refractivity contribution is 0.154. The Labute approximate surface area is 186 Å². The second-order valence-corrected chi connectivity index (χ2v) is 8.30. The van der Waals surface area contributed by atoms with Crippen molar-refractivity contribution in [2.24, 2.45) is 0 Å². The molecule has 1 aliphatic rings. The largest absolute Gasteiger partial charge is 0.421 e. The molecular weight excluding hydrogens is 404 g/mol. The average Bonchev–Trinajstić information content (AvgIpc) is 3.22. The molecule has 4 heterocycles. The average molecular weight is 431 g/mol. The maximum atomic E-state index is 12.9.